The molecule has 3 heteroatoms. The first-order valence-electron chi connectivity index (χ1n) is 6.37. The molecule has 2 aromatic rings. The molecule has 0 aromatic heterocycles. The van der Waals surface area contributed by atoms with Crippen molar-refractivity contribution in [3.8, 4) is 0 Å². The number of carbonyl (C=O) groups is 1. The normalized spacial score (nSPS) is 21.4. The molecule has 0 bridgehead atoms. The third kappa shape index (κ3) is 2.18. The molecule has 1 nitrogen and oxygen atoms in total. The van der Waals surface area contributed by atoms with E-state index >= 15 is 0 Å². The van der Waals surface area contributed by atoms with E-state index in [-0.39, 0.29) is 10.9 Å². The second-order valence-corrected chi connectivity index (χ2v) is 6.33. The largest absolute Gasteiger partial charge is 0.282 e. The van der Waals surface area contributed by atoms with Crippen LogP contribution in [0.1, 0.15) is 28.4 Å². The van der Waals surface area contributed by atoms with E-state index in [0.29, 0.717) is 11.1 Å². The molecular weight excluding hydrogens is 271 g/mol. The third-order valence-electron chi connectivity index (χ3n) is 3.43. The quantitative estimate of drug-likeness (QED) is 0.799. The van der Waals surface area contributed by atoms with Crippen LogP contribution in [0.2, 0.25) is 0 Å². The molecular formula is C17H13FOS. The Kier molecular flexibility index (Phi) is 3.22. The molecule has 0 fully saturated rings. The molecule has 1 unspecified atom stereocenters. The molecule has 1 aliphatic rings. The molecule has 1 aliphatic heterocycles. The first-order chi connectivity index (χ1) is 9.60. The lowest BCUT2D eigenvalue weighted by Crippen LogP contribution is -2.12. The van der Waals surface area contributed by atoms with Crippen LogP contribution in [-0.4, -0.2) is 5.12 Å². The fourth-order valence-corrected chi connectivity index (χ4v) is 3.54. The van der Waals surface area contributed by atoms with E-state index in [2.05, 4.69) is 0 Å². The van der Waals surface area contributed by atoms with Gasteiger partial charge in [-0.3, -0.25) is 4.79 Å². The molecule has 0 amide bonds. The zero-order chi connectivity index (χ0) is 14.2. The summed E-state index contributed by atoms with van der Waals surface area (Å²) in [7, 11) is 0. The first-order valence-corrected chi connectivity index (χ1v) is 7.18. The molecule has 0 aliphatic carbocycles. The van der Waals surface area contributed by atoms with Gasteiger partial charge in [0.15, 0.2) is 0 Å². The Morgan fingerprint density at radius 2 is 1.85 bits per heavy atom. The summed E-state index contributed by atoms with van der Waals surface area (Å²) in [5.74, 6) is -0.318. The van der Waals surface area contributed by atoms with Gasteiger partial charge in [-0.25, -0.2) is 4.39 Å². The monoisotopic (exact) mass is 284 g/mol. The number of fused-ring (bicyclic) bond motifs is 1. The van der Waals surface area contributed by atoms with E-state index in [1.807, 2.05) is 49.4 Å². The first kappa shape index (κ1) is 13.1. The molecule has 0 saturated carbocycles. The molecule has 20 heavy (non-hydrogen) atoms. The van der Waals surface area contributed by atoms with Gasteiger partial charge < -0.3 is 0 Å². The number of halogens is 1. The molecule has 0 radical (unpaired) electrons. The highest BCUT2D eigenvalue weighted by Crippen LogP contribution is 2.49. The van der Waals surface area contributed by atoms with Crippen molar-refractivity contribution in [2.24, 2.45) is 0 Å². The Labute approximate surface area is 121 Å². The van der Waals surface area contributed by atoms with Crippen molar-refractivity contribution in [2.75, 3.05) is 0 Å². The van der Waals surface area contributed by atoms with Gasteiger partial charge in [-0.05, 0) is 24.6 Å². The lowest BCUT2D eigenvalue weighted by molar-refractivity contribution is 0.109. The van der Waals surface area contributed by atoms with E-state index in [1.165, 1.54) is 6.07 Å². The lowest BCUT2D eigenvalue weighted by atomic mass is 9.94. The van der Waals surface area contributed by atoms with Crippen LogP contribution in [0.3, 0.4) is 0 Å². The van der Waals surface area contributed by atoms with Crippen molar-refractivity contribution in [3.05, 3.63) is 77.1 Å². The second-order valence-electron chi connectivity index (χ2n) is 4.90. The van der Waals surface area contributed by atoms with Crippen LogP contribution >= 0.6 is 11.8 Å². The number of hydrogen-bond donors (Lipinski definition) is 0. The van der Waals surface area contributed by atoms with Gasteiger partial charge in [-0.2, -0.15) is 0 Å². The van der Waals surface area contributed by atoms with Crippen molar-refractivity contribution >= 4 is 23.0 Å². The molecule has 100 valence electrons. The Balaban J connectivity index is 2.03. The Bertz CT molecular complexity index is 693. The zero-order valence-electron chi connectivity index (χ0n) is 11.0. The minimum Gasteiger partial charge on any atom is -0.282 e. The summed E-state index contributed by atoms with van der Waals surface area (Å²) in [4.78, 5) is 12.0. The Morgan fingerprint density at radius 1 is 1.10 bits per heavy atom. The fourth-order valence-electron chi connectivity index (χ4n) is 2.43. The second kappa shape index (κ2) is 4.91. The third-order valence-corrected chi connectivity index (χ3v) is 4.60. The highest BCUT2D eigenvalue weighted by Gasteiger charge is 2.40. The summed E-state index contributed by atoms with van der Waals surface area (Å²) in [5.41, 5.74) is 2.00. The molecule has 0 spiro atoms. The van der Waals surface area contributed by atoms with Crippen LogP contribution in [0.25, 0.3) is 6.08 Å². The number of rotatable bonds is 2. The van der Waals surface area contributed by atoms with Gasteiger partial charge in [-0.1, -0.05) is 60.3 Å². The van der Waals surface area contributed by atoms with Gasteiger partial charge in [0.25, 0.3) is 0 Å². The topological polar surface area (TPSA) is 17.1 Å². The van der Waals surface area contributed by atoms with E-state index in [9.17, 15) is 9.18 Å². The van der Waals surface area contributed by atoms with Gasteiger partial charge in [-0.15, -0.1) is 0 Å². The highest BCUT2D eigenvalue weighted by molar-refractivity contribution is 8.15. The molecule has 0 N–H and O–H groups in total. The predicted octanol–water partition coefficient (Wildman–Crippen LogP) is 4.64. The van der Waals surface area contributed by atoms with E-state index in [4.69, 9.17) is 0 Å². The Hall–Kier alpha value is -1.87. The SMILES string of the molecule is CC1(/C=C/c2ccccc2)SC(=O)c2cccc(F)c21. The van der Waals surface area contributed by atoms with E-state index in [1.54, 1.807) is 12.1 Å². The van der Waals surface area contributed by atoms with Gasteiger partial charge in [0.2, 0.25) is 5.12 Å². The number of benzene rings is 2. The van der Waals surface area contributed by atoms with Crippen LogP contribution in [0.4, 0.5) is 4.39 Å². The molecule has 2 aromatic carbocycles. The van der Waals surface area contributed by atoms with Gasteiger partial charge >= 0.3 is 0 Å². The van der Waals surface area contributed by atoms with Crippen molar-refractivity contribution < 1.29 is 9.18 Å². The number of thioether (sulfide) groups is 1. The maximum absolute atomic E-state index is 14.1. The van der Waals surface area contributed by atoms with Gasteiger partial charge in [0.05, 0.1) is 4.75 Å². The maximum Gasteiger partial charge on any atom is 0.220 e. The standard InChI is InChI=1S/C17H13FOS/c1-17(11-10-12-6-3-2-4-7-12)15-13(16(19)20-17)8-5-9-14(15)18/h2-11H,1H3/b11-10+. The van der Waals surface area contributed by atoms with Gasteiger partial charge in [0, 0.05) is 11.1 Å². The minimum atomic E-state index is -0.645. The summed E-state index contributed by atoms with van der Waals surface area (Å²) >= 11 is 1.16. The van der Waals surface area contributed by atoms with Crippen LogP contribution in [0.5, 0.6) is 0 Å². The van der Waals surface area contributed by atoms with Crippen molar-refractivity contribution in [1.82, 2.24) is 0 Å². The number of carbonyl (C=O) groups excluding carboxylic acids is 1. The molecule has 1 atom stereocenters. The highest BCUT2D eigenvalue weighted by atomic mass is 32.2. The summed E-state index contributed by atoms with van der Waals surface area (Å²) in [6.45, 7) is 1.88. The molecule has 0 saturated heterocycles. The van der Waals surface area contributed by atoms with Crippen LogP contribution in [0, 0.1) is 5.82 Å². The van der Waals surface area contributed by atoms with E-state index < -0.39 is 4.75 Å². The minimum absolute atomic E-state index is 0.0697. The van der Waals surface area contributed by atoms with Crippen molar-refractivity contribution in [3.63, 3.8) is 0 Å². The van der Waals surface area contributed by atoms with Crippen LogP contribution in [0.15, 0.2) is 54.6 Å². The summed E-state index contributed by atoms with van der Waals surface area (Å²) in [5, 5.41) is -0.0697. The molecule has 3 rings (SSSR count). The summed E-state index contributed by atoms with van der Waals surface area (Å²) in [6, 6.07) is 14.5. The molecule has 1 heterocycles. The number of hydrogen-bond acceptors (Lipinski definition) is 2. The van der Waals surface area contributed by atoms with Crippen molar-refractivity contribution in [2.45, 2.75) is 11.7 Å². The fraction of sp³-hybridized carbons (Fsp3) is 0.118. The van der Waals surface area contributed by atoms with Crippen molar-refractivity contribution in [1.29, 1.82) is 0 Å². The average molecular weight is 284 g/mol. The van der Waals surface area contributed by atoms with Crippen LogP contribution < -0.4 is 0 Å². The lowest BCUT2D eigenvalue weighted by Gasteiger charge is -2.19. The Morgan fingerprint density at radius 3 is 2.60 bits per heavy atom. The predicted molar refractivity (Wildman–Crippen MR) is 81.1 cm³/mol. The average Bonchev–Trinajstić information content (AvgIpc) is 2.71. The van der Waals surface area contributed by atoms with Crippen LogP contribution in [-0.2, 0) is 4.75 Å². The summed E-state index contributed by atoms with van der Waals surface area (Å²) in [6.07, 6.45) is 3.83. The smallest absolute Gasteiger partial charge is 0.220 e. The van der Waals surface area contributed by atoms with E-state index in [0.717, 1.165) is 17.3 Å². The zero-order valence-corrected chi connectivity index (χ0v) is 11.8. The summed E-state index contributed by atoms with van der Waals surface area (Å²) < 4.78 is 13.4. The maximum atomic E-state index is 14.1. The van der Waals surface area contributed by atoms with Gasteiger partial charge in [0.1, 0.15) is 5.82 Å².